The lowest BCUT2D eigenvalue weighted by Gasteiger charge is -2.23. The van der Waals surface area contributed by atoms with Gasteiger partial charge in [-0.15, -0.1) is 0 Å². The van der Waals surface area contributed by atoms with E-state index in [-0.39, 0.29) is 18.1 Å². The maximum Gasteiger partial charge on any atom is 0.276 e. The van der Waals surface area contributed by atoms with Crippen LogP contribution in [0.15, 0.2) is 59.8 Å². The lowest BCUT2D eigenvalue weighted by Crippen LogP contribution is -2.31. The predicted octanol–water partition coefficient (Wildman–Crippen LogP) is 4.08. The molecular weight excluding hydrogens is 458 g/mol. The summed E-state index contributed by atoms with van der Waals surface area (Å²) in [7, 11) is 1.61. The van der Waals surface area contributed by atoms with Crippen molar-refractivity contribution in [2.24, 2.45) is 5.10 Å². The van der Waals surface area contributed by atoms with Gasteiger partial charge in [0.05, 0.1) is 38.2 Å². The van der Waals surface area contributed by atoms with Crippen molar-refractivity contribution in [2.75, 3.05) is 12.0 Å². The number of anilines is 1. The maximum absolute atomic E-state index is 13.0. The van der Waals surface area contributed by atoms with Crippen LogP contribution in [0.5, 0.6) is 11.5 Å². The number of ether oxygens (including phenoxy) is 2. The van der Waals surface area contributed by atoms with E-state index < -0.39 is 5.91 Å². The van der Waals surface area contributed by atoms with E-state index in [1.165, 1.54) is 26.0 Å². The standard InChI is InChI=1S/C27H29N5O4/c1-18(33)32-23(20-8-4-3-5-9-20)17-31-27(32)22(16-29-31)26(34)30-28-15-19-12-13-24(35-2)25(14-19)36-21-10-6-7-11-21/h3-5,8-9,12-16,21,23H,6-7,10-11,17H2,1-2H3,(H,30,34)/b28-15+. The molecule has 2 aromatic carbocycles. The van der Waals surface area contributed by atoms with Crippen LogP contribution in [-0.4, -0.2) is 41.0 Å². The molecule has 0 bridgehead atoms. The highest BCUT2D eigenvalue weighted by molar-refractivity contribution is 6.04. The average molecular weight is 488 g/mol. The Hall–Kier alpha value is -4.14. The Morgan fingerprint density at radius 2 is 1.89 bits per heavy atom. The highest BCUT2D eigenvalue weighted by atomic mass is 16.5. The van der Waals surface area contributed by atoms with E-state index in [1.807, 2.05) is 48.5 Å². The molecule has 2 heterocycles. The van der Waals surface area contributed by atoms with Crippen LogP contribution >= 0.6 is 0 Å². The number of fused-ring (bicyclic) bond motifs is 1. The molecule has 36 heavy (non-hydrogen) atoms. The second kappa shape index (κ2) is 10.2. The Balaban J connectivity index is 1.31. The number of nitrogens with one attached hydrogen (secondary N) is 1. The lowest BCUT2D eigenvalue weighted by molar-refractivity contribution is -0.116. The molecule has 2 aliphatic rings. The van der Waals surface area contributed by atoms with Crippen LogP contribution < -0.4 is 19.8 Å². The molecule has 1 saturated carbocycles. The van der Waals surface area contributed by atoms with E-state index in [0.29, 0.717) is 29.4 Å². The molecular formula is C27H29N5O4. The Bertz CT molecular complexity index is 1280. The van der Waals surface area contributed by atoms with Crippen molar-refractivity contribution in [3.05, 3.63) is 71.4 Å². The fraction of sp³-hybridized carbons (Fsp3) is 0.333. The van der Waals surface area contributed by atoms with E-state index in [9.17, 15) is 9.59 Å². The average Bonchev–Trinajstić information content (AvgIpc) is 3.62. The first kappa shape index (κ1) is 23.6. The Morgan fingerprint density at radius 1 is 1.11 bits per heavy atom. The van der Waals surface area contributed by atoms with Crippen molar-refractivity contribution < 1.29 is 19.1 Å². The van der Waals surface area contributed by atoms with Gasteiger partial charge in [0.25, 0.3) is 5.91 Å². The largest absolute Gasteiger partial charge is 0.493 e. The molecule has 9 heteroatoms. The van der Waals surface area contributed by atoms with Gasteiger partial charge in [0.15, 0.2) is 11.5 Å². The summed E-state index contributed by atoms with van der Waals surface area (Å²) < 4.78 is 13.3. The van der Waals surface area contributed by atoms with Gasteiger partial charge < -0.3 is 9.47 Å². The van der Waals surface area contributed by atoms with Gasteiger partial charge in [0, 0.05) is 6.92 Å². The predicted molar refractivity (Wildman–Crippen MR) is 136 cm³/mol. The molecule has 0 radical (unpaired) electrons. The van der Waals surface area contributed by atoms with E-state index in [2.05, 4.69) is 15.6 Å². The van der Waals surface area contributed by atoms with Crippen molar-refractivity contribution in [3.63, 3.8) is 0 Å². The van der Waals surface area contributed by atoms with Gasteiger partial charge in [0.1, 0.15) is 11.4 Å². The molecule has 2 amide bonds. The smallest absolute Gasteiger partial charge is 0.276 e. The molecule has 3 aromatic rings. The van der Waals surface area contributed by atoms with Gasteiger partial charge in [-0.2, -0.15) is 10.2 Å². The van der Waals surface area contributed by atoms with Gasteiger partial charge in [0.2, 0.25) is 5.91 Å². The summed E-state index contributed by atoms with van der Waals surface area (Å²) in [6.45, 7) is 1.97. The number of methoxy groups -OCH3 is 1. The van der Waals surface area contributed by atoms with Crippen LogP contribution in [0.2, 0.25) is 0 Å². The minimum atomic E-state index is -0.441. The maximum atomic E-state index is 13.0. The summed E-state index contributed by atoms with van der Waals surface area (Å²) in [5.41, 5.74) is 4.60. The fourth-order valence-corrected chi connectivity index (χ4v) is 4.90. The SMILES string of the molecule is COc1ccc(/C=N/NC(=O)c2cnn3c2N(C(C)=O)C(c2ccccc2)C3)cc1OC1CCCC1. The van der Waals surface area contributed by atoms with Crippen molar-refractivity contribution in [3.8, 4) is 11.5 Å². The monoisotopic (exact) mass is 487 g/mol. The number of nitrogens with zero attached hydrogens (tertiary/aromatic N) is 4. The number of aromatic nitrogens is 2. The molecule has 1 fully saturated rings. The summed E-state index contributed by atoms with van der Waals surface area (Å²) in [5.74, 6) is 1.20. The number of carbonyl (C=O) groups excluding carboxylic acids is 2. The Morgan fingerprint density at radius 3 is 2.61 bits per heavy atom. The zero-order valence-electron chi connectivity index (χ0n) is 20.4. The molecule has 1 aromatic heterocycles. The molecule has 0 spiro atoms. The van der Waals surface area contributed by atoms with Gasteiger partial charge in [-0.05, 0) is 55.0 Å². The summed E-state index contributed by atoms with van der Waals surface area (Å²) >= 11 is 0. The third-order valence-electron chi connectivity index (χ3n) is 6.63. The number of rotatable bonds is 7. The molecule has 1 N–H and O–H groups in total. The zero-order chi connectivity index (χ0) is 25.1. The van der Waals surface area contributed by atoms with Crippen molar-refractivity contribution in [1.29, 1.82) is 0 Å². The van der Waals surface area contributed by atoms with Crippen LogP contribution in [0.4, 0.5) is 5.82 Å². The third kappa shape index (κ3) is 4.68. The number of benzene rings is 2. The van der Waals surface area contributed by atoms with Crippen LogP contribution in [0, 0.1) is 0 Å². The number of amides is 2. The molecule has 9 nitrogen and oxygen atoms in total. The number of carbonyl (C=O) groups is 2. The normalized spacial score (nSPS) is 17.4. The summed E-state index contributed by atoms with van der Waals surface area (Å²) in [5, 5.41) is 8.49. The molecule has 1 unspecified atom stereocenters. The van der Waals surface area contributed by atoms with Crippen LogP contribution in [0.3, 0.4) is 0 Å². The summed E-state index contributed by atoms with van der Waals surface area (Å²) in [6.07, 6.45) is 7.64. The molecule has 1 atom stereocenters. The van der Waals surface area contributed by atoms with Crippen LogP contribution in [0.1, 0.15) is 60.1 Å². The first-order chi connectivity index (χ1) is 17.5. The first-order valence-corrected chi connectivity index (χ1v) is 12.1. The highest BCUT2D eigenvalue weighted by Crippen LogP contribution is 2.38. The summed E-state index contributed by atoms with van der Waals surface area (Å²) in [4.78, 5) is 27.2. The Kier molecular flexibility index (Phi) is 6.71. The van der Waals surface area contributed by atoms with E-state index in [4.69, 9.17) is 9.47 Å². The van der Waals surface area contributed by atoms with Gasteiger partial charge in [-0.25, -0.2) is 10.1 Å². The topological polar surface area (TPSA) is 98.0 Å². The lowest BCUT2D eigenvalue weighted by atomic mass is 10.1. The van der Waals surface area contributed by atoms with E-state index in [0.717, 1.165) is 24.0 Å². The second-order valence-electron chi connectivity index (χ2n) is 9.01. The van der Waals surface area contributed by atoms with Crippen molar-refractivity contribution in [2.45, 2.75) is 51.3 Å². The van der Waals surface area contributed by atoms with Gasteiger partial charge in [-0.1, -0.05) is 30.3 Å². The zero-order valence-corrected chi connectivity index (χ0v) is 20.4. The Labute approximate surface area is 209 Å². The van der Waals surface area contributed by atoms with E-state index in [1.54, 1.807) is 22.9 Å². The second-order valence-corrected chi connectivity index (χ2v) is 9.01. The summed E-state index contributed by atoms with van der Waals surface area (Å²) in [6, 6.07) is 15.0. The molecule has 1 aliphatic carbocycles. The number of hydrogen-bond donors (Lipinski definition) is 1. The van der Waals surface area contributed by atoms with Crippen LogP contribution in [-0.2, 0) is 11.3 Å². The van der Waals surface area contributed by atoms with Gasteiger partial charge >= 0.3 is 0 Å². The fourth-order valence-electron chi connectivity index (χ4n) is 4.90. The van der Waals surface area contributed by atoms with E-state index >= 15 is 0 Å². The quantitative estimate of drug-likeness (QED) is 0.400. The first-order valence-electron chi connectivity index (χ1n) is 12.1. The molecule has 5 rings (SSSR count). The molecule has 1 aliphatic heterocycles. The minimum absolute atomic E-state index is 0.159. The molecule has 186 valence electrons. The van der Waals surface area contributed by atoms with Crippen LogP contribution in [0.25, 0.3) is 0 Å². The van der Waals surface area contributed by atoms with Crippen molar-refractivity contribution in [1.82, 2.24) is 15.2 Å². The van der Waals surface area contributed by atoms with Crippen molar-refractivity contribution >= 4 is 23.8 Å². The highest BCUT2D eigenvalue weighted by Gasteiger charge is 2.37. The number of hydrogen-bond acceptors (Lipinski definition) is 6. The molecule has 0 saturated heterocycles. The van der Waals surface area contributed by atoms with Gasteiger partial charge in [-0.3, -0.25) is 14.5 Å². The minimum Gasteiger partial charge on any atom is -0.493 e. The third-order valence-corrected chi connectivity index (χ3v) is 6.63. The number of hydrazone groups is 1.